The Morgan fingerprint density at radius 1 is 1.04 bits per heavy atom. The molecule has 3 aromatic rings. The van der Waals surface area contributed by atoms with Crippen LogP contribution in [0, 0.1) is 0 Å². The molecule has 0 radical (unpaired) electrons. The van der Waals surface area contributed by atoms with Gasteiger partial charge in [0, 0.05) is 18.8 Å². The van der Waals surface area contributed by atoms with E-state index in [4.69, 9.17) is 4.74 Å². The van der Waals surface area contributed by atoms with Crippen LogP contribution in [0.15, 0.2) is 72.9 Å². The molecule has 0 bridgehead atoms. The van der Waals surface area contributed by atoms with E-state index >= 15 is 0 Å². The summed E-state index contributed by atoms with van der Waals surface area (Å²) < 4.78 is 5.28. The van der Waals surface area contributed by atoms with Gasteiger partial charge in [-0.25, -0.2) is 0 Å². The third-order valence-corrected chi connectivity index (χ3v) is 4.74. The summed E-state index contributed by atoms with van der Waals surface area (Å²) in [7, 11) is 3.49. The van der Waals surface area contributed by atoms with Crippen molar-refractivity contribution in [3.63, 3.8) is 0 Å². The Kier molecular flexibility index (Phi) is 5.87. The summed E-state index contributed by atoms with van der Waals surface area (Å²) in [5.41, 5.74) is 3.67. The van der Waals surface area contributed by atoms with Crippen molar-refractivity contribution < 1.29 is 9.53 Å². The number of benzene rings is 2. The molecule has 0 N–H and O–H groups in total. The Hall–Kier alpha value is -3.14. The number of hydrogen-bond acceptors (Lipinski definition) is 3. The van der Waals surface area contributed by atoms with Crippen LogP contribution in [0.4, 0.5) is 0 Å². The fourth-order valence-corrected chi connectivity index (χ4v) is 3.21. The first-order valence-corrected chi connectivity index (χ1v) is 9.06. The van der Waals surface area contributed by atoms with Crippen molar-refractivity contribution in [2.45, 2.75) is 19.4 Å². The van der Waals surface area contributed by atoms with Crippen molar-refractivity contribution in [1.82, 2.24) is 9.88 Å². The lowest BCUT2D eigenvalue weighted by molar-refractivity contribution is 0.0723. The van der Waals surface area contributed by atoms with Crippen molar-refractivity contribution in [3.05, 3.63) is 84.2 Å². The van der Waals surface area contributed by atoms with Crippen molar-refractivity contribution in [2.75, 3.05) is 14.2 Å². The average molecular weight is 360 g/mol. The normalized spacial score (nSPS) is 11.7. The number of amides is 1. The zero-order chi connectivity index (χ0) is 19.2. The van der Waals surface area contributed by atoms with Gasteiger partial charge in [-0.05, 0) is 53.9 Å². The smallest absolute Gasteiger partial charge is 0.254 e. The maximum atomic E-state index is 12.9. The van der Waals surface area contributed by atoms with E-state index in [1.165, 1.54) is 0 Å². The van der Waals surface area contributed by atoms with Gasteiger partial charge >= 0.3 is 0 Å². The highest BCUT2D eigenvalue weighted by Gasteiger charge is 2.22. The van der Waals surface area contributed by atoms with E-state index in [1.807, 2.05) is 73.8 Å². The van der Waals surface area contributed by atoms with Crippen molar-refractivity contribution >= 4 is 5.91 Å². The largest absolute Gasteiger partial charge is 0.497 e. The van der Waals surface area contributed by atoms with Crippen LogP contribution in [0.3, 0.4) is 0 Å². The van der Waals surface area contributed by atoms with Gasteiger partial charge in [0.25, 0.3) is 5.91 Å². The van der Waals surface area contributed by atoms with Gasteiger partial charge in [0.15, 0.2) is 0 Å². The standard InChI is InChI=1S/C23H24N2O2/c1-4-22(21-10-5-6-15-24-21)25(2)23(26)18-13-11-17(12-14-18)19-8-7-9-20(16-19)27-3/h5-16,22H,4H2,1-3H3. The molecule has 1 atom stereocenters. The van der Waals surface area contributed by atoms with Crippen LogP contribution in [-0.2, 0) is 0 Å². The second-order valence-corrected chi connectivity index (χ2v) is 6.40. The van der Waals surface area contributed by atoms with E-state index < -0.39 is 0 Å². The molecule has 0 aliphatic heterocycles. The van der Waals surface area contributed by atoms with Gasteiger partial charge in [-0.2, -0.15) is 0 Å². The van der Waals surface area contributed by atoms with Gasteiger partial charge < -0.3 is 9.64 Å². The summed E-state index contributed by atoms with van der Waals surface area (Å²) in [6.07, 6.45) is 2.57. The number of nitrogens with zero attached hydrogens (tertiary/aromatic N) is 2. The Balaban J connectivity index is 1.80. The van der Waals surface area contributed by atoms with Gasteiger partial charge in [0.05, 0.1) is 18.8 Å². The highest BCUT2D eigenvalue weighted by Crippen LogP contribution is 2.26. The lowest BCUT2D eigenvalue weighted by Crippen LogP contribution is -2.31. The lowest BCUT2D eigenvalue weighted by Gasteiger charge is -2.27. The van der Waals surface area contributed by atoms with Gasteiger partial charge in [-0.15, -0.1) is 0 Å². The second-order valence-electron chi connectivity index (χ2n) is 6.40. The average Bonchev–Trinajstić information content (AvgIpc) is 2.74. The minimum Gasteiger partial charge on any atom is -0.497 e. The number of rotatable bonds is 6. The van der Waals surface area contributed by atoms with E-state index in [9.17, 15) is 4.79 Å². The van der Waals surface area contributed by atoms with Crippen LogP contribution >= 0.6 is 0 Å². The molecule has 1 amide bonds. The molecule has 0 fully saturated rings. The molecule has 138 valence electrons. The minimum absolute atomic E-state index is 0.00954. The zero-order valence-corrected chi connectivity index (χ0v) is 15.9. The van der Waals surface area contributed by atoms with Gasteiger partial charge in [-0.3, -0.25) is 9.78 Å². The van der Waals surface area contributed by atoms with Crippen LogP contribution in [0.5, 0.6) is 5.75 Å². The molecule has 1 unspecified atom stereocenters. The maximum Gasteiger partial charge on any atom is 0.254 e. The number of carbonyl (C=O) groups excluding carboxylic acids is 1. The minimum atomic E-state index is -0.0447. The SMILES string of the molecule is CCC(c1ccccn1)N(C)C(=O)c1ccc(-c2cccc(OC)c2)cc1. The summed E-state index contributed by atoms with van der Waals surface area (Å²) in [5, 5.41) is 0. The lowest BCUT2D eigenvalue weighted by atomic mass is 10.0. The molecule has 3 rings (SSSR count). The molecule has 0 saturated heterocycles. The molecule has 1 heterocycles. The third kappa shape index (κ3) is 4.17. The molecular formula is C23H24N2O2. The molecule has 0 saturated carbocycles. The van der Waals surface area contributed by atoms with Gasteiger partial charge in [-0.1, -0.05) is 37.3 Å². The Morgan fingerprint density at radius 2 is 1.81 bits per heavy atom. The summed E-state index contributed by atoms with van der Waals surface area (Å²) >= 11 is 0. The van der Waals surface area contributed by atoms with Crippen molar-refractivity contribution in [1.29, 1.82) is 0 Å². The van der Waals surface area contributed by atoms with E-state index in [-0.39, 0.29) is 11.9 Å². The molecule has 0 aliphatic carbocycles. The number of carbonyl (C=O) groups is 1. The molecule has 1 aromatic heterocycles. The van der Waals surface area contributed by atoms with Crippen molar-refractivity contribution in [2.24, 2.45) is 0 Å². The highest BCUT2D eigenvalue weighted by atomic mass is 16.5. The van der Waals surface area contributed by atoms with Crippen LogP contribution in [-0.4, -0.2) is 29.9 Å². The van der Waals surface area contributed by atoms with Crippen LogP contribution in [0.1, 0.15) is 35.4 Å². The fourth-order valence-electron chi connectivity index (χ4n) is 3.21. The predicted molar refractivity (Wildman–Crippen MR) is 108 cm³/mol. The molecule has 0 spiro atoms. The molecule has 4 heteroatoms. The maximum absolute atomic E-state index is 12.9. The van der Waals surface area contributed by atoms with E-state index in [2.05, 4.69) is 11.9 Å². The molecule has 4 nitrogen and oxygen atoms in total. The number of aromatic nitrogens is 1. The van der Waals surface area contributed by atoms with Crippen LogP contribution < -0.4 is 4.74 Å². The molecule has 0 aliphatic rings. The van der Waals surface area contributed by atoms with E-state index in [0.29, 0.717) is 5.56 Å². The number of ether oxygens (including phenoxy) is 1. The Bertz CT molecular complexity index is 892. The van der Waals surface area contributed by atoms with E-state index in [1.54, 1.807) is 18.2 Å². The van der Waals surface area contributed by atoms with Gasteiger partial charge in [0.1, 0.15) is 5.75 Å². The van der Waals surface area contributed by atoms with E-state index in [0.717, 1.165) is 29.0 Å². The molecular weight excluding hydrogens is 336 g/mol. The molecule has 27 heavy (non-hydrogen) atoms. The first-order valence-electron chi connectivity index (χ1n) is 9.06. The first kappa shape index (κ1) is 18.6. The summed E-state index contributed by atoms with van der Waals surface area (Å²) in [6, 6.07) is 21.3. The number of methoxy groups -OCH3 is 1. The molecule has 2 aromatic carbocycles. The first-order chi connectivity index (χ1) is 13.1. The second kappa shape index (κ2) is 8.49. The predicted octanol–water partition coefficient (Wildman–Crippen LogP) is 4.98. The van der Waals surface area contributed by atoms with Gasteiger partial charge in [0.2, 0.25) is 0 Å². The third-order valence-electron chi connectivity index (χ3n) is 4.74. The fraction of sp³-hybridized carbons (Fsp3) is 0.217. The monoisotopic (exact) mass is 360 g/mol. The van der Waals surface area contributed by atoms with Crippen molar-refractivity contribution in [3.8, 4) is 16.9 Å². The number of pyridine rings is 1. The topological polar surface area (TPSA) is 42.4 Å². The quantitative estimate of drug-likeness (QED) is 0.622. The van der Waals surface area contributed by atoms with Crippen LogP contribution in [0.2, 0.25) is 0 Å². The Labute approximate surface area is 160 Å². The zero-order valence-electron chi connectivity index (χ0n) is 15.9. The summed E-state index contributed by atoms with van der Waals surface area (Å²) in [5.74, 6) is 0.804. The summed E-state index contributed by atoms with van der Waals surface area (Å²) in [6.45, 7) is 2.06. The highest BCUT2D eigenvalue weighted by molar-refractivity contribution is 5.94. The van der Waals surface area contributed by atoms with Crippen LogP contribution in [0.25, 0.3) is 11.1 Å². The number of hydrogen-bond donors (Lipinski definition) is 0. The Morgan fingerprint density at radius 3 is 2.44 bits per heavy atom. The summed E-state index contributed by atoms with van der Waals surface area (Å²) in [4.78, 5) is 19.1.